The van der Waals surface area contributed by atoms with Crippen LogP contribution in [0.25, 0.3) is 0 Å². The van der Waals surface area contributed by atoms with Crippen LogP contribution in [0.3, 0.4) is 0 Å². The topological polar surface area (TPSA) is 65.1 Å². The largest absolute Gasteiger partial charge is 0.497 e. The molecule has 174 valence electrons. The number of ether oxygens (including phenoxy) is 3. The Bertz CT molecular complexity index is 1040. The number of benzene rings is 2. The van der Waals surface area contributed by atoms with Crippen molar-refractivity contribution in [3.8, 4) is 5.75 Å². The fourth-order valence-electron chi connectivity index (χ4n) is 3.54. The van der Waals surface area contributed by atoms with Gasteiger partial charge in [-0.15, -0.1) is 0 Å². The third-order valence-electron chi connectivity index (χ3n) is 5.17. The van der Waals surface area contributed by atoms with Crippen LogP contribution in [0.4, 0.5) is 13.2 Å². The van der Waals surface area contributed by atoms with Crippen LogP contribution in [0.1, 0.15) is 22.6 Å². The molecule has 0 saturated heterocycles. The number of carbonyl (C=O) groups is 2. The lowest BCUT2D eigenvalue weighted by Crippen LogP contribution is -2.28. The summed E-state index contributed by atoms with van der Waals surface area (Å²) in [5.41, 5.74) is 0.530. The van der Waals surface area contributed by atoms with Gasteiger partial charge in [0.1, 0.15) is 5.75 Å². The van der Waals surface area contributed by atoms with Crippen molar-refractivity contribution in [3.05, 3.63) is 88.8 Å². The van der Waals surface area contributed by atoms with Gasteiger partial charge in [-0.1, -0.05) is 24.3 Å². The summed E-state index contributed by atoms with van der Waals surface area (Å²) >= 11 is 0. The Kier molecular flexibility index (Phi) is 7.10. The number of nitrogens with zero attached hydrogens (tertiary/aromatic N) is 1. The maximum Gasteiger partial charge on any atom is 0.416 e. The van der Waals surface area contributed by atoms with Crippen LogP contribution in [0.15, 0.2) is 72.1 Å². The average Bonchev–Trinajstić information content (AvgIpc) is 2.82. The molecule has 0 aliphatic carbocycles. The number of esters is 2. The third kappa shape index (κ3) is 5.36. The Morgan fingerprint density at radius 2 is 1.36 bits per heavy atom. The zero-order valence-electron chi connectivity index (χ0n) is 18.2. The van der Waals surface area contributed by atoms with E-state index >= 15 is 0 Å². The van der Waals surface area contributed by atoms with Crippen LogP contribution >= 0.6 is 0 Å². The molecule has 1 aliphatic rings. The van der Waals surface area contributed by atoms with Gasteiger partial charge in [-0.3, -0.25) is 0 Å². The molecule has 3 rings (SSSR count). The predicted octanol–water partition coefficient (Wildman–Crippen LogP) is 4.43. The van der Waals surface area contributed by atoms with E-state index < -0.39 is 29.6 Å². The summed E-state index contributed by atoms with van der Waals surface area (Å²) in [7, 11) is 3.94. The monoisotopic (exact) mass is 461 g/mol. The van der Waals surface area contributed by atoms with Crippen molar-refractivity contribution >= 4 is 11.9 Å². The van der Waals surface area contributed by atoms with Crippen LogP contribution < -0.4 is 4.74 Å². The Morgan fingerprint density at radius 3 is 1.79 bits per heavy atom. The minimum atomic E-state index is -4.51. The fraction of sp³-hybridized carbons (Fsp3) is 0.250. The second-order valence-corrected chi connectivity index (χ2v) is 7.23. The molecule has 0 unspecified atom stereocenters. The molecule has 0 bridgehead atoms. The lowest BCUT2D eigenvalue weighted by atomic mass is 9.83. The predicted molar refractivity (Wildman–Crippen MR) is 113 cm³/mol. The molecule has 6 nitrogen and oxygen atoms in total. The first kappa shape index (κ1) is 23.9. The summed E-state index contributed by atoms with van der Waals surface area (Å²) in [4.78, 5) is 26.9. The quantitative estimate of drug-likeness (QED) is 0.594. The molecule has 1 aliphatic heterocycles. The maximum absolute atomic E-state index is 13.0. The Balaban J connectivity index is 2.03. The van der Waals surface area contributed by atoms with Crippen molar-refractivity contribution in [1.29, 1.82) is 0 Å². The zero-order valence-corrected chi connectivity index (χ0v) is 18.2. The Morgan fingerprint density at radius 1 is 0.848 bits per heavy atom. The van der Waals surface area contributed by atoms with Gasteiger partial charge < -0.3 is 19.1 Å². The number of rotatable bonds is 6. The first-order valence-electron chi connectivity index (χ1n) is 9.83. The highest BCUT2D eigenvalue weighted by Gasteiger charge is 2.36. The summed E-state index contributed by atoms with van der Waals surface area (Å²) < 4.78 is 54.0. The fourth-order valence-corrected chi connectivity index (χ4v) is 3.54. The van der Waals surface area contributed by atoms with Crippen molar-refractivity contribution in [2.24, 2.45) is 0 Å². The first-order chi connectivity index (χ1) is 15.7. The molecule has 0 N–H and O–H groups in total. The van der Waals surface area contributed by atoms with Crippen molar-refractivity contribution in [2.45, 2.75) is 18.6 Å². The molecule has 0 atom stereocenters. The summed E-state index contributed by atoms with van der Waals surface area (Å²) in [6.07, 6.45) is -1.47. The lowest BCUT2D eigenvalue weighted by molar-refractivity contribution is -0.138. The van der Waals surface area contributed by atoms with Gasteiger partial charge in [0, 0.05) is 18.9 Å². The SMILES string of the molecule is COC(=O)C1=CN(Cc2ccc(OC)cc2)C=C(C(=O)OC)C1c1ccc(C(F)(F)F)cc1. The van der Waals surface area contributed by atoms with Crippen molar-refractivity contribution in [2.75, 3.05) is 21.3 Å². The Hall–Kier alpha value is -3.75. The molecule has 2 aromatic rings. The van der Waals surface area contributed by atoms with Gasteiger partial charge in [-0.05, 0) is 35.4 Å². The molecule has 9 heteroatoms. The van der Waals surface area contributed by atoms with Gasteiger partial charge in [0.15, 0.2) is 0 Å². The number of halogens is 3. The van der Waals surface area contributed by atoms with Gasteiger partial charge >= 0.3 is 18.1 Å². The average molecular weight is 461 g/mol. The van der Waals surface area contributed by atoms with Crippen LogP contribution in [0.2, 0.25) is 0 Å². The molecule has 0 spiro atoms. The molecular weight excluding hydrogens is 439 g/mol. The second-order valence-electron chi connectivity index (χ2n) is 7.23. The third-order valence-corrected chi connectivity index (χ3v) is 5.17. The van der Waals surface area contributed by atoms with E-state index in [0.29, 0.717) is 17.9 Å². The van der Waals surface area contributed by atoms with E-state index in [4.69, 9.17) is 14.2 Å². The van der Waals surface area contributed by atoms with E-state index in [9.17, 15) is 22.8 Å². The maximum atomic E-state index is 13.0. The molecule has 0 aromatic heterocycles. The van der Waals surface area contributed by atoms with Crippen molar-refractivity contribution in [1.82, 2.24) is 4.90 Å². The highest BCUT2D eigenvalue weighted by Crippen LogP contribution is 2.39. The molecule has 0 radical (unpaired) electrons. The van der Waals surface area contributed by atoms with E-state index in [1.54, 1.807) is 24.1 Å². The van der Waals surface area contributed by atoms with E-state index in [2.05, 4.69) is 0 Å². The van der Waals surface area contributed by atoms with Gasteiger partial charge in [0.25, 0.3) is 0 Å². The molecule has 1 heterocycles. The molecular formula is C24H22F3NO5. The van der Waals surface area contributed by atoms with Crippen LogP contribution in [-0.2, 0) is 31.8 Å². The smallest absolute Gasteiger partial charge is 0.416 e. The molecule has 0 saturated carbocycles. The van der Waals surface area contributed by atoms with Gasteiger partial charge in [-0.25, -0.2) is 9.59 Å². The Labute approximate surface area is 188 Å². The molecule has 0 amide bonds. The summed E-state index contributed by atoms with van der Waals surface area (Å²) in [5, 5.41) is 0. The minimum absolute atomic E-state index is 0.0914. The van der Waals surface area contributed by atoms with Gasteiger partial charge in [-0.2, -0.15) is 13.2 Å². The lowest BCUT2D eigenvalue weighted by Gasteiger charge is -2.30. The minimum Gasteiger partial charge on any atom is -0.497 e. The highest BCUT2D eigenvalue weighted by atomic mass is 19.4. The number of hydrogen-bond acceptors (Lipinski definition) is 6. The van der Waals surface area contributed by atoms with Crippen LogP contribution in [0, 0.1) is 0 Å². The van der Waals surface area contributed by atoms with Crippen molar-refractivity contribution < 1.29 is 37.0 Å². The zero-order chi connectivity index (χ0) is 24.2. The van der Waals surface area contributed by atoms with Crippen LogP contribution in [-0.4, -0.2) is 38.2 Å². The molecule has 2 aromatic carbocycles. The van der Waals surface area contributed by atoms with Crippen LogP contribution in [0.5, 0.6) is 5.75 Å². The second kappa shape index (κ2) is 9.81. The van der Waals surface area contributed by atoms with E-state index in [-0.39, 0.29) is 11.1 Å². The first-order valence-corrected chi connectivity index (χ1v) is 9.83. The van der Waals surface area contributed by atoms with E-state index in [0.717, 1.165) is 17.7 Å². The number of carbonyl (C=O) groups excluding carboxylic acids is 2. The van der Waals surface area contributed by atoms with Crippen molar-refractivity contribution in [3.63, 3.8) is 0 Å². The summed E-state index contributed by atoms with van der Waals surface area (Å²) in [5.74, 6) is -1.71. The standard InChI is InChI=1S/C24H22F3NO5/c1-31-18-10-4-15(5-11-18)12-28-13-19(22(29)32-2)21(20(14-28)23(30)33-3)16-6-8-17(9-7-16)24(25,26)27/h4-11,13-14,21H,12H2,1-3H3. The highest BCUT2D eigenvalue weighted by molar-refractivity contribution is 5.98. The van der Waals surface area contributed by atoms with E-state index in [1.807, 2.05) is 12.1 Å². The van der Waals surface area contributed by atoms with Gasteiger partial charge in [0.2, 0.25) is 0 Å². The summed E-state index contributed by atoms with van der Waals surface area (Å²) in [6, 6.07) is 11.5. The number of alkyl halides is 3. The van der Waals surface area contributed by atoms with E-state index in [1.165, 1.54) is 38.8 Å². The number of hydrogen-bond donors (Lipinski definition) is 0. The molecule has 33 heavy (non-hydrogen) atoms. The summed E-state index contributed by atoms with van der Waals surface area (Å²) in [6.45, 7) is 0.310. The number of methoxy groups -OCH3 is 3. The normalized spacial score (nSPS) is 14.3. The van der Waals surface area contributed by atoms with Gasteiger partial charge in [0.05, 0.1) is 44.0 Å². The molecule has 0 fully saturated rings.